The van der Waals surface area contributed by atoms with Crippen LogP contribution in [-0.4, -0.2) is 10.9 Å². The Bertz CT molecular complexity index is 859. The van der Waals surface area contributed by atoms with E-state index in [1.807, 2.05) is 56.3 Å². The van der Waals surface area contributed by atoms with Gasteiger partial charge >= 0.3 is 0 Å². The molecule has 0 bridgehead atoms. The van der Waals surface area contributed by atoms with Gasteiger partial charge in [-0.15, -0.1) is 11.3 Å². The van der Waals surface area contributed by atoms with Crippen LogP contribution in [0, 0.1) is 13.8 Å². The summed E-state index contributed by atoms with van der Waals surface area (Å²) in [5.41, 5.74) is 3.31. The van der Waals surface area contributed by atoms with Gasteiger partial charge < -0.3 is 5.32 Å². The fourth-order valence-corrected chi connectivity index (χ4v) is 3.37. The molecule has 0 saturated heterocycles. The number of halogens is 1. The zero-order valence-electron chi connectivity index (χ0n) is 12.8. The molecule has 3 rings (SSSR count). The molecule has 0 aliphatic rings. The van der Waals surface area contributed by atoms with Gasteiger partial charge in [0.05, 0.1) is 5.69 Å². The summed E-state index contributed by atoms with van der Waals surface area (Å²) in [4.78, 5) is 17.7. The summed E-state index contributed by atoms with van der Waals surface area (Å²) in [7, 11) is 0. The lowest BCUT2D eigenvalue weighted by molar-refractivity contribution is 0.102. The molecule has 0 aliphatic heterocycles. The molecule has 1 heterocycles. The number of amides is 1. The number of anilines is 1. The van der Waals surface area contributed by atoms with E-state index in [2.05, 4.69) is 10.3 Å². The van der Waals surface area contributed by atoms with Crippen LogP contribution < -0.4 is 5.32 Å². The molecule has 0 unspecified atom stereocenters. The van der Waals surface area contributed by atoms with Crippen LogP contribution in [0.3, 0.4) is 0 Å². The molecule has 0 fully saturated rings. The van der Waals surface area contributed by atoms with E-state index >= 15 is 0 Å². The van der Waals surface area contributed by atoms with Gasteiger partial charge in [0.2, 0.25) is 0 Å². The Morgan fingerprint density at radius 3 is 2.57 bits per heavy atom. The average Bonchev–Trinajstić information content (AvgIpc) is 2.95. The first-order valence-electron chi connectivity index (χ1n) is 7.15. The second kappa shape index (κ2) is 6.52. The summed E-state index contributed by atoms with van der Waals surface area (Å²) in [5.74, 6) is -0.160. The minimum atomic E-state index is -0.160. The van der Waals surface area contributed by atoms with Crippen molar-refractivity contribution < 1.29 is 4.79 Å². The normalized spacial score (nSPS) is 10.6. The first-order chi connectivity index (χ1) is 11.1. The van der Waals surface area contributed by atoms with Crippen LogP contribution in [-0.2, 0) is 0 Å². The predicted octanol–water partition coefficient (Wildman–Crippen LogP) is 5.33. The summed E-state index contributed by atoms with van der Waals surface area (Å²) in [6.07, 6.45) is 0. The lowest BCUT2D eigenvalue weighted by atomic mass is 10.2. The third-order valence-corrected chi connectivity index (χ3v) is 5.15. The summed E-state index contributed by atoms with van der Waals surface area (Å²) < 4.78 is 0. The van der Waals surface area contributed by atoms with Crippen molar-refractivity contribution in [1.29, 1.82) is 0 Å². The molecule has 0 radical (unpaired) electrons. The molecule has 3 nitrogen and oxygen atoms in total. The molecule has 116 valence electrons. The van der Waals surface area contributed by atoms with Gasteiger partial charge in [-0.2, -0.15) is 0 Å². The number of thiazole rings is 1. The highest BCUT2D eigenvalue weighted by Gasteiger charge is 2.17. The van der Waals surface area contributed by atoms with Crippen molar-refractivity contribution in [2.75, 3.05) is 5.32 Å². The number of hydrogen-bond acceptors (Lipinski definition) is 3. The minimum Gasteiger partial charge on any atom is -0.321 e. The molecule has 0 spiro atoms. The number of benzene rings is 2. The highest BCUT2D eigenvalue weighted by Crippen LogP contribution is 2.29. The van der Waals surface area contributed by atoms with E-state index in [0.717, 1.165) is 27.5 Å². The van der Waals surface area contributed by atoms with Crippen LogP contribution in [0.2, 0.25) is 5.02 Å². The number of carbonyl (C=O) groups excluding carboxylic acids is 1. The van der Waals surface area contributed by atoms with Crippen LogP contribution in [0.1, 0.15) is 20.9 Å². The van der Waals surface area contributed by atoms with Crippen molar-refractivity contribution in [2.45, 2.75) is 13.8 Å². The van der Waals surface area contributed by atoms with Gasteiger partial charge in [-0.25, -0.2) is 4.98 Å². The van der Waals surface area contributed by atoms with Gasteiger partial charge in [0.15, 0.2) is 0 Å². The molecular formula is C18H15ClN2OS. The molecule has 1 amide bonds. The maximum Gasteiger partial charge on any atom is 0.267 e. The van der Waals surface area contributed by atoms with Crippen molar-refractivity contribution in [1.82, 2.24) is 4.98 Å². The largest absolute Gasteiger partial charge is 0.321 e. The maximum absolute atomic E-state index is 12.6. The molecule has 0 saturated carbocycles. The third-order valence-electron chi connectivity index (χ3n) is 3.54. The molecule has 1 aromatic heterocycles. The van der Waals surface area contributed by atoms with Gasteiger partial charge in [-0.05, 0) is 31.5 Å². The van der Waals surface area contributed by atoms with E-state index in [0.29, 0.717) is 9.90 Å². The summed E-state index contributed by atoms with van der Waals surface area (Å²) in [6, 6.07) is 15.3. The maximum atomic E-state index is 12.6. The van der Waals surface area contributed by atoms with Crippen LogP contribution in [0.15, 0.2) is 48.5 Å². The van der Waals surface area contributed by atoms with Gasteiger partial charge in [0.1, 0.15) is 9.88 Å². The number of rotatable bonds is 3. The SMILES string of the molecule is Cc1nc(-c2ccccc2)sc1C(=O)Nc1cccc(Cl)c1C. The zero-order valence-corrected chi connectivity index (χ0v) is 14.3. The van der Waals surface area contributed by atoms with Crippen LogP contribution in [0.4, 0.5) is 5.69 Å². The first kappa shape index (κ1) is 15.7. The predicted molar refractivity (Wildman–Crippen MR) is 96.4 cm³/mol. The minimum absolute atomic E-state index is 0.160. The Labute approximate surface area is 144 Å². The molecule has 0 atom stereocenters. The fraction of sp³-hybridized carbons (Fsp3) is 0.111. The summed E-state index contributed by atoms with van der Waals surface area (Å²) in [6.45, 7) is 3.73. The average molecular weight is 343 g/mol. The molecule has 3 aromatic rings. The number of hydrogen-bond donors (Lipinski definition) is 1. The van der Waals surface area contributed by atoms with Crippen molar-refractivity contribution in [3.63, 3.8) is 0 Å². The quantitative estimate of drug-likeness (QED) is 0.698. The van der Waals surface area contributed by atoms with E-state index in [1.54, 1.807) is 6.07 Å². The van der Waals surface area contributed by atoms with E-state index < -0.39 is 0 Å². The number of nitrogens with zero attached hydrogens (tertiary/aromatic N) is 1. The molecule has 5 heteroatoms. The van der Waals surface area contributed by atoms with Crippen molar-refractivity contribution in [3.05, 3.63) is 69.7 Å². The number of aromatic nitrogens is 1. The Kier molecular flexibility index (Phi) is 4.46. The van der Waals surface area contributed by atoms with Crippen molar-refractivity contribution >= 4 is 34.5 Å². The van der Waals surface area contributed by atoms with Crippen LogP contribution in [0.25, 0.3) is 10.6 Å². The molecule has 23 heavy (non-hydrogen) atoms. The van der Waals surface area contributed by atoms with E-state index in [1.165, 1.54) is 11.3 Å². The lowest BCUT2D eigenvalue weighted by Crippen LogP contribution is -2.12. The van der Waals surface area contributed by atoms with E-state index in [9.17, 15) is 4.79 Å². The Hall–Kier alpha value is -2.17. The number of aryl methyl sites for hydroxylation is 1. The topological polar surface area (TPSA) is 42.0 Å². The van der Waals surface area contributed by atoms with Gasteiger partial charge in [0.25, 0.3) is 5.91 Å². The first-order valence-corrected chi connectivity index (χ1v) is 8.35. The molecule has 1 N–H and O–H groups in total. The van der Waals surface area contributed by atoms with Crippen molar-refractivity contribution in [3.8, 4) is 10.6 Å². The van der Waals surface area contributed by atoms with E-state index in [-0.39, 0.29) is 5.91 Å². The molecular weight excluding hydrogens is 328 g/mol. The number of carbonyl (C=O) groups is 1. The lowest BCUT2D eigenvalue weighted by Gasteiger charge is -2.08. The van der Waals surface area contributed by atoms with Crippen LogP contribution >= 0.6 is 22.9 Å². The second-order valence-electron chi connectivity index (χ2n) is 5.17. The third kappa shape index (κ3) is 3.28. The van der Waals surface area contributed by atoms with Gasteiger partial charge in [0, 0.05) is 16.3 Å². The summed E-state index contributed by atoms with van der Waals surface area (Å²) in [5, 5.41) is 4.40. The smallest absolute Gasteiger partial charge is 0.267 e. The van der Waals surface area contributed by atoms with Crippen LogP contribution in [0.5, 0.6) is 0 Å². The highest BCUT2D eigenvalue weighted by atomic mass is 35.5. The van der Waals surface area contributed by atoms with Gasteiger partial charge in [-0.3, -0.25) is 4.79 Å². The fourth-order valence-electron chi connectivity index (χ4n) is 2.23. The molecule has 0 aliphatic carbocycles. The Balaban J connectivity index is 1.89. The zero-order chi connectivity index (χ0) is 16.4. The highest BCUT2D eigenvalue weighted by molar-refractivity contribution is 7.17. The molecule has 2 aromatic carbocycles. The Morgan fingerprint density at radius 2 is 1.83 bits per heavy atom. The monoisotopic (exact) mass is 342 g/mol. The second-order valence-corrected chi connectivity index (χ2v) is 6.57. The Morgan fingerprint density at radius 1 is 1.09 bits per heavy atom. The van der Waals surface area contributed by atoms with Gasteiger partial charge in [-0.1, -0.05) is 48.0 Å². The number of nitrogens with one attached hydrogen (secondary N) is 1. The van der Waals surface area contributed by atoms with Crippen molar-refractivity contribution in [2.24, 2.45) is 0 Å². The summed E-state index contributed by atoms with van der Waals surface area (Å²) >= 11 is 7.49. The van der Waals surface area contributed by atoms with E-state index in [4.69, 9.17) is 11.6 Å². The standard InChI is InChI=1S/C18H15ClN2OS/c1-11-14(19)9-6-10-15(11)21-17(22)16-12(2)20-18(23-16)13-7-4-3-5-8-13/h3-10H,1-2H3,(H,21,22).